The van der Waals surface area contributed by atoms with Crippen LogP contribution in [0.3, 0.4) is 0 Å². The van der Waals surface area contributed by atoms with Crippen molar-refractivity contribution in [2.45, 2.75) is 18.9 Å². The lowest BCUT2D eigenvalue weighted by atomic mass is 10.5. The van der Waals surface area contributed by atoms with Crippen LogP contribution in [-0.2, 0) is 0 Å². The van der Waals surface area contributed by atoms with E-state index in [9.17, 15) is 0 Å². The summed E-state index contributed by atoms with van der Waals surface area (Å²) in [7, 11) is 3.61. The lowest BCUT2D eigenvalue weighted by molar-refractivity contribution is 0.395. The summed E-state index contributed by atoms with van der Waals surface area (Å²) in [4.78, 5) is 10.5. The zero-order chi connectivity index (χ0) is 11.4. The van der Waals surface area contributed by atoms with Crippen LogP contribution in [0.2, 0.25) is 0 Å². The van der Waals surface area contributed by atoms with Crippen LogP contribution < -0.4 is 15.0 Å². The molecule has 0 bridgehead atoms. The van der Waals surface area contributed by atoms with Crippen LogP contribution >= 0.6 is 0 Å². The van der Waals surface area contributed by atoms with Crippen molar-refractivity contribution in [1.82, 2.24) is 15.3 Å². The van der Waals surface area contributed by atoms with Crippen molar-refractivity contribution in [3.8, 4) is 5.88 Å². The SMILES string of the molecule is COc1cncc(N(C)CCNC2CC2)n1. The Hall–Kier alpha value is -1.36. The molecule has 2 rings (SSSR count). The number of hydrogen-bond donors (Lipinski definition) is 1. The first-order valence-corrected chi connectivity index (χ1v) is 5.60. The van der Waals surface area contributed by atoms with Crippen molar-refractivity contribution in [3.63, 3.8) is 0 Å². The van der Waals surface area contributed by atoms with Gasteiger partial charge in [0.25, 0.3) is 0 Å². The third-order valence-electron chi connectivity index (χ3n) is 2.66. The average molecular weight is 222 g/mol. The van der Waals surface area contributed by atoms with Gasteiger partial charge in [-0.05, 0) is 12.8 Å². The number of rotatable bonds is 6. The number of aromatic nitrogens is 2. The molecule has 5 nitrogen and oxygen atoms in total. The fourth-order valence-corrected chi connectivity index (χ4v) is 1.46. The van der Waals surface area contributed by atoms with Crippen molar-refractivity contribution in [2.75, 3.05) is 32.1 Å². The van der Waals surface area contributed by atoms with Gasteiger partial charge in [-0.15, -0.1) is 0 Å². The molecule has 1 aliphatic rings. The van der Waals surface area contributed by atoms with E-state index < -0.39 is 0 Å². The molecule has 0 atom stereocenters. The Morgan fingerprint density at radius 1 is 1.50 bits per heavy atom. The van der Waals surface area contributed by atoms with Crippen molar-refractivity contribution in [3.05, 3.63) is 12.4 Å². The van der Waals surface area contributed by atoms with E-state index in [1.807, 2.05) is 7.05 Å². The third kappa shape index (κ3) is 3.06. The second-order valence-corrected chi connectivity index (χ2v) is 4.07. The average Bonchev–Trinajstić information content (AvgIpc) is 3.13. The molecule has 0 amide bonds. The van der Waals surface area contributed by atoms with Gasteiger partial charge in [-0.1, -0.05) is 0 Å². The van der Waals surface area contributed by atoms with E-state index >= 15 is 0 Å². The minimum Gasteiger partial charge on any atom is -0.480 e. The van der Waals surface area contributed by atoms with Gasteiger partial charge in [0.15, 0.2) is 5.82 Å². The molecule has 1 aromatic heterocycles. The van der Waals surface area contributed by atoms with Gasteiger partial charge in [0.2, 0.25) is 5.88 Å². The third-order valence-corrected chi connectivity index (χ3v) is 2.66. The molecule has 0 aliphatic heterocycles. The molecule has 1 aromatic rings. The van der Waals surface area contributed by atoms with Crippen molar-refractivity contribution < 1.29 is 4.74 Å². The van der Waals surface area contributed by atoms with Gasteiger partial charge >= 0.3 is 0 Å². The van der Waals surface area contributed by atoms with Crippen LogP contribution in [0.15, 0.2) is 12.4 Å². The highest BCUT2D eigenvalue weighted by atomic mass is 16.5. The Bertz CT molecular complexity index is 341. The van der Waals surface area contributed by atoms with Gasteiger partial charge in [0.1, 0.15) is 0 Å². The van der Waals surface area contributed by atoms with Crippen LogP contribution in [0, 0.1) is 0 Å². The van der Waals surface area contributed by atoms with Crippen LogP contribution in [-0.4, -0.2) is 43.3 Å². The maximum Gasteiger partial charge on any atom is 0.233 e. The van der Waals surface area contributed by atoms with E-state index in [1.54, 1.807) is 19.5 Å². The van der Waals surface area contributed by atoms with Crippen LogP contribution in [0.1, 0.15) is 12.8 Å². The molecular formula is C11H18N4O. The maximum atomic E-state index is 5.04. The largest absolute Gasteiger partial charge is 0.480 e. The highest BCUT2D eigenvalue weighted by molar-refractivity contribution is 5.36. The van der Waals surface area contributed by atoms with Crippen molar-refractivity contribution >= 4 is 5.82 Å². The molecular weight excluding hydrogens is 204 g/mol. The van der Waals surface area contributed by atoms with Crippen LogP contribution in [0.4, 0.5) is 5.82 Å². The second kappa shape index (κ2) is 5.12. The van der Waals surface area contributed by atoms with Gasteiger partial charge in [-0.25, -0.2) is 0 Å². The number of likely N-dealkylation sites (N-methyl/N-ethyl adjacent to an activating group) is 1. The number of ether oxygens (including phenoxy) is 1. The minimum atomic E-state index is 0.555. The highest BCUT2D eigenvalue weighted by Gasteiger charge is 2.19. The standard InChI is InChI=1S/C11H18N4O/c1-15(6-5-13-9-3-4-9)10-7-12-8-11(14-10)16-2/h7-9,13H,3-6H2,1-2H3. The Labute approximate surface area is 95.8 Å². The lowest BCUT2D eigenvalue weighted by Gasteiger charge is -2.18. The topological polar surface area (TPSA) is 50.3 Å². The predicted octanol–water partition coefficient (Wildman–Crippen LogP) is 0.673. The van der Waals surface area contributed by atoms with Crippen molar-refractivity contribution in [2.24, 2.45) is 0 Å². The molecule has 88 valence electrons. The van der Waals surface area contributed by atoms with Gasteiger partial charge < -0.3 is 15.0 Å². The fraction of sp³-hybridized carbons (Fsp3) is 0.636. The first-order chi connectivity index (χ1) is 7.79. The van der Waals surface area contributed by atoms with Gasteiger partial charge in [-0.3, -0.25) is 4.98 Å². The summed E-state index contributed by atoms with van der Waals surface area (Å²) in [6.45, 7) is 1.92. The van der Waals surface area contributed by atoms with E-state index in [4.69, 9.17) is 4.74 Å². The number of hydrogen-bond acceptors (Lipinski definition) is 5. The number of methoxy groups -OCH3 is 1. The molecule has 16 heavy (non-hydrogen) atoms. The molecule has 1 N–H and O–H groups in total. The van der Waals surface area contributed by atoms with E-state index in [0.29, 0.717) is 5.88 Å². The van der Waals surface area contributed by atoms with E-state index in [0.717, 1.165) is 24.9 Å². The van der Waals surface area contributed by atoms with Crippen LogP contribution in [0.25, 0.3) is 0 Å². The Morgan fingerprint density at radius 3 is 3.00 bits per heavy atom. The quantitative estimate of drug-likeness (QED) is 0.767. The fourth-order valence-electron chi connectivity index (χ4n) is 1.46. The van der Waals surface area contributed by atoms with Gasteiger partial charge in [0.05, 0.1) is 19.5 Å². The molecule has 0 radical (unpaired) electrons. The number of nitrogens with one attached hydrogen (secondary N) is 1. The zero-order valence-electron chi connectivity index (χ0n) is 9.81. The summed E-state index contributed by atoms with van der Waals surface area (Å²) in [6.07, 6.45) is 6.00. The normalized spacial score (nSPS) is 14.9. The summed E-state index contributed by atoms with van der Waals surface area (Å²) in [5.74, 6) is 1.40. The maximum absolute atomic E-state index is 5.04. The lowest BCUT2D eigenvalue weighted by Crippen LogP contribution is -2.30. The van der Waals surface area contributed by atoms with Crippen molar-refractivity contribution in [1.29, 1.82) is 0 Å². The summed E-state index contributed by atoms with van der Waals surface area (Å²) in [5, 5.41) is 3.46. The van der Waals surface area contributed by atoms with Crippen LogP contribution in [0.5, 0.6) is 5.88 Å². The summed E-state index contributed by atoms with van der Waals surface area (Å²) < 4.78 is 5.04. The zero-order valence-corrected chi connectivity index (χ0v) is 9.81. The molecule has 1 fully saturated rings. The summed E-state index contributed by atoms with van der Waals surface area (Å²) in [6, 6.07) is 0.754. The predicted molar refractivity (Wildman–Crippen MR) is 62.9 cm³/mol. The smallest absolute Gasteiger partial charge is 0.233 e. The Kier molecular flexibility index (Phi) is 3.56. The molecule has 1 aliphatic carbocycles. The van der Waals surface area contributed by atoms with Gasteiger partial charge in [-0.2, -0.15) is 4.98 Å². The molecule has 5 heteroatoms. The molecule has 0 unspecified atom stereocenters. The minimum absolute atomic E-state index is 0.555. The Morgan fingerprint density at radius 2 is 2.31 bits per heavy atom. The first-order valence-electron chi connectivity index (χ1n) is 5.60. The molecule has 1 saturated carbocycles. The molecule has 0 spiro atoms. The number of nitrogens with zero attached hydrogens (tertiary/aromatic N) is 3. The van der Waals surface area contributed by atoms with E-state index in [-0.39, 0.29) is 0 Å². The first kappa shape index (κ1) is 11.1. The summed E-state index contributed by atoms with van der Waals surface area (Å²) in [5.41, 5.74) is 0. The molecule has 1 heterocycles. The summed E-state index contributed by atoms with van der Waals surface area (Å²) >= 11 is 0. The number of anilines is 1. The van der Waals surface area contributed by atoms with E-state index in [1.165, 1.54) is 12.8 Å². The van der Waals surface area contributed by atoms with E-state index in [2.05, 4.69) is 20.2 Å². The Balaban J connectivity index is 1.83. The highest BCUT2D eigenvalue weighted by Crippen LogP contribution is 2.18. The monoisotopic (exact) mass is 222 g/mol. The molecule has 0 saturated heterocycles. The molecule has 0 aromatic carbocycles. The van der Waals surface area contributed by atoms with Gasteiger partial charge in [0, 0.05) is 26.2 Å². The second-order valence-electron chi connectivity index (χ2n) is 4.07.